The molecule has 1 aromatic carbocycles. The van der Waals surface area contributed by atoms with Gasteiger partial charge in [-0.05, 0) is 25.1 Å². The van der Waals surface area contributed by atoms with E-state index in [0.717, 1.165) is 6.07 Å². The van der Waals surface area contributed by atoms with Crippen molar-refractivity contribution in [2.45, 2.75) is 19.1 Å². The Morgan fingerprint density at radius 1 is 1.32 bits per heavy atom. The first kappa shape index (κ1) is 15.3. The van der Waals surface area contributed by atoms with Gasteiger partial charge in [0.25, 0.3) is 5.91 Å². The zero-order valence-corrected chi connectivity index (χ0v) is 10.5. The highest BCUT2D eigenvalue weighted by atomic mass is 35.5. The SMILES string of the molecule is CC(NC(=O)c1cc(Cl)cc(C(F)(F)F)c1)C(N)=O. The van der Waals surface area contributed by atoms with Gasteiger partial charge in [0.15, 0.2) is 0 Å². The molecular weight excluding hydrogens is 285 g/mol. The fourth-order valence-corrected chi connectivity index (χ4v) is 1.47. The van der Waals surface area contributed by atoms with Crippen LogP contribution in [0.5, 0.6) is 0 Å². The quantitative estimate of drug-likeness (QED) is 0.894. The predicted molar refractivity (Wildman–Crippen MR) is 62.6 cm³/mol. The Morgan fingerprint density at radius 3 is 2.37 bits per heavy atom. The molecule has 4 nitrogen and oxygen atoms in total. The van der Waals surface area contributed by atoms with Gasteiger partial charge in [-0.15, -0.1) is 0 Å². The number of halogens is 4. The number of amides is 2. The maximum Gasteiger partial charge on any atom is 0.416 e. The lowest BCUT2D eigenvalue weighted by molar-refractivity contribution is -0.137. The van der Waals surface area contributed by atoms with Gasteiger partial charge in [0.05, 0.1) is 5.56 Å². The van der Waals surface area contributed by atoms with Gasteiger partial charge in [-0.25, -0.2) is 0 Å². The minimum absolute atomic E-state index is 0.230. The Kier molecular flexibility index (Phi) is 4.41. The van der Waals surface area contributed by atoms with E-state index in [0.29, 0.717) is 12.1 Å². The van der Waals surface area contributed by atoms with E-state index in [1.807, 2.05) is 0 Å². The van der Waals surface area contributed by atoms with E-state index in [1.165, 1.54) is 6.92 Å². The summed E-state index contributed by atoms with van der Waals surface area (Å²) in [5.41, 5.74) is 3.59. The van der Waals surface area contributed by atoms with Gasteiger partial charge in [-0.3, -0.25) is 9.59 Å². The molecule has 1 atom stereocenters. The molecule has 1 rings (SSSR count). The van der Waals surface area contributed by atoms with E-state index < -0.39 is 29.6 Å². The molecule has 8 heteroatoms. The number of alkyl halides is 3. The number of carbonyl (C=O) groups is 2. The molecule has 0 heterocycles. The number of benzene rings is 1. The topological polar surface area (TPSA) is 72.2 Å². The molecule has 0 saturated heterocycles. The summed E-state index contributed by atoms with van der Waals surface area (Å²) in [5, 5.41) is 1.93. The Morgan fingerprint density at radius 2 is 1.89 bits per heavy atom. The fraction of sp³-hybridized carbons (Fsp3) is 0.273. The second-order valence-electron chi connectivity index (χ2n) is 3.82. The van der Waals surface area contributed by atoms with Crippen molar-refractivity contribution in [3.05, 3.63) is 34.3 Å². The largest absolute Gasteiger partial charge is 0.416 e. The van der Waals surface area contributed by atoms with Crippen LogP contribution in [0.15, 0.2) is 18.2 Å². The Bertz CT molecular complexity index is 517. The van der Waals surface area contributed by atoms with Crippen LogP contribution in [0.25, 0.3) is 0 Å². The fourth-order valence-electron chi connectivity index (χ4n) is 1.24. The van der Waals surface area contributed by atoms with Crippen LogP contribution in [0.3, 0.4) is 0 Å². The third-order valence-electron chi connectivity index (χ3n) is 2.26. The number of nitrogens with two attached hydrogens (primary N) is 1. The lowest BCUT2D eigenvalue weighted by Crippen LogP contribution is -2.42. The monoisotopic (exact) mass is 294 g/mol. The molecule has 0 saturated carbocycles. The molecule has 0 radical (unpaired) electrons. The van der Waals surface area contributed by atoms with Crippen LogP contribution in [0.4, 0.5) is 13.2 Å². The summed E-state index contributed by atoms with van der Waals surface area (Å²) in [7, 11) is 0. The van der Waals surface area contributed by atoms with Crippen molar-refractivity contribution in [2.24, 2.45) is 5.73 Å². The molecule has 19 heavy (non-hydrogen) atoms. The number of nitrogens with one attached hydrogen (secondary N) is 1. The molecule has 2 amide bonds. The molecule has 1 aromatic rings. The Labute approximate surface area is 111 Å². The summed E-state index contributed by atoms with van der Waals surface area (Å²) in [6, 6.07) is 1.42. The van der Waals surface area contributed by atoms with Crippen LogP contribution in [-0.2, 0) is 11.0 Å². The number of rotatable bonds is 3. The summed E-state index contributed by atoms with van der Waals surface area (Å²) in [5.74, 6) is -1.66. The van der Waals surface area contributed by atoms with Crippen molar-refractivity contribution in [1.29, 1.82) is 0 Å². The van der Waals surface area contributed by atoms with Crippen LogP contribution in [0, 0.1) is 0 Å². The maximum absolute atomic E-state index is 12.5. The molecule has 1 unspecified atom stereocenters. The van der Waals surface area contributed by atoms with Crippen LogP contribution >= 0.6 is 11.6 Å². The molecule has 0 aromatic heterocycles. The summed E-state index contributed by atoms with van der Waals surface area (Å²) in [6.45, 7) is 1.31. The average Bonchev–Trinajstić information content (AvgIpc) is 2.26. The van der Waals surface area contributed by atoms with E-state index in [2.05, 4.69) is 5.32 Å². The van der Waals surface area contributed by atoms with E-state index in [-0.39, 0.29) is 10.6 Å². The van der Waals surface area contributed by atoms with Crippen molar-refractivity contribution < 1.29 is 22.8 Å². The summed E-state index contributed by atoms with van der Waals surface area (Å²) in [6.07, 6.45) is -4.62. The number of hydrogen-bond acceptors (Lipinski definition) is 2. The average molecular weight is 295 g/mol. The van der Waals surface area contributed by atoms with E-state index in [4.69, 9.17) is 17.3 Å². The van der Waals surface area contributed by atoms with Gasteiger partial charge in [0.1, 0.15) is 6.04 Å². The summed E-state index contributed by atoms with van der Waals surface area (Å²) in [4.78, 5) is 22.4. The summed E-state index contributed by atoms with van der Waals surface area (Å²) < 4.78 is 37.6. The lowest BCUT2D eigenvalue weighted by atomic mass is 10.1. The first-order valence-electron chi connectivity index (χ1n) is 5.09. The lowest BCUT2D eigenvalue weighted by Gasteiger charge is -2.12. The first-order valence-corrected chi connectivity index (χ1v) is 5.47. The number of carbonyl (C=O) groups excluding carboxylic acids is 2. The van der Waals surface area contributed by atoms with Crippen molar-refractivity contribution in [3.8, 4) is 0 Å². The van der Waals surface area contributed by atoms with Gasteiger partial charge in [-0.2, -0.15) is 13.2 Å². The maximum atomic E-state index is 12.5. The normalized spacial score (nSPS) is 12.9. The molecule has 0 aliphatic carbocycles. The third kappa shape index (κ3) is 4.13. The minimum atomic E-state index is -4.62. The zero-order chi connectivity index (χ0) is 14.8. The van der Waals surface area contributed by atoms with Gasteiger partial charge in [0, 0.05) is 10.6 Å². The molecule has 0 aliphatic heterocycles. The van der Waals surface area contributed by atoms with Crippen molar-refractivity contribution in [2.75, 3.05) is 0 Å². The van der Waals surface area contributed by atoms with Crippen LogP contribution in [0.2, 0.25) is 5.02 Å². The highest BCUT2D eigenvalue weighted by Gasteiger charge is 2.31. The van der Waals surface area contributed by atoms with Crippen LogP contribution in [-0.4, -0.2) is 17.9 Å². The van der Waals surface area contributed by atoms with E-state index in [9.17, 15) is 22.8 Å². The molecule has 0 bridgehead atoms. The Balaban J connectivity index is 3.04. The standard InChI is InChI=1S/C11H10ClF3N2O2/c1-5(9(16)18)17-10(19)6-2-7(11(13,14)15)4-8(12)3-6/h2-5H,1H3,(H2,16,18)(H,17,19). The first-order chi connectivity index (χ1) is 8.61. The third-order valence-corrected chi connectivity index (χ3v) is 2.48. The highest BCUT2D eigenvalue weighted by Crippen LogP contribution is 2.31. The molecule has 104 valence electrons. The van der Waals surface area contributed by atoms with Gasteiger partial charge in [0.2, 0.25) is 5.91 Å². The zero-order valence-electron chi connectivity index (χ0n) is 9.72. The van der Waals surface area contributed by atoms with Gasteiger partial charge in [-0.1, -0.05) is 11.6 Å². The van der Waals surface area contributed by atoms with Gasteiger partial charge < -0.3 is 11.1 Å². The van der Waals surface area contributed by atoms with Crippen molar-refractivity contribution in [3.63, 3.8) is 0 Å². The van der Waals surface area contributed by atoms with E-state index in [1.54, 1.807) is 0 Å². The molecule has 0 aliphatic rings. The van der Waals surface area contributed by atoms with Crippen molar-refractivity contribution >= 4 is 23.4 Å². The molecular formula is C11H10ClF3N2O2. The van der Waals surface area contributed by atoms with Crippen LogP contribution < -0.4 is 11.1 Å². The van der Waals surface area contributed by atoms with Gasteiger partial charge >= 0.3 is 6.18 Å². The second kappa shape index (κ2) is 5.48. The Hall–Kier alpha value is -1.76. The van der Waals surface area contributed by atoms with Crippen LogP contribution in [0.1, 0.15) is 22.8 Å². The predicted octanol–water partition coefficient (Wildman–Crippen LogP) is 1.96. The second-order valence-corrected chi connectivity index (χ2v) is 4.26. The number of primary amides is 1. The highest BCUT2D eigenvalue weighted by molar-refractivity contribution is 6.31. The smallest absolute Gasteiger partial charge is 0.368 e. The molecule has 0 fully saturated rings. The van der Waals surface area contributed by atoms with E-state index >= 15 is 0 Å². The van der Waals surface area contributed by atoms with Crippen molar-refractivity contribution in [1.82, 2.24) is 5.32 Å². The molecule has 0 spiro atoms. The summed E-state index contributed by atoms with van der Waals surface area (Å²) >= 11 is 5.53. The minimum Gasteiger partial charge on any atom is -0.368 e. The number of hydrogen-bond donors (Lipinski definition) is 2. The molecule has 3 N–H and O–H groups in total.